The van der Waals surface area contributed by atoms with Gasteiger partial charge in [0, 0.05) is 5.56 Å². The molecule has 0 radical (unpaired) electrons. The Balaban J connectivity index is 2.81. The predicted molar refractivity (Wildman–Crippen MR) is 51.7 cm³/mol. The molecule has 1 heterocycles. The molecular formula is C10H12O6. The number of furan rings is 1. The molecule has 1 rings (SSSR count). The lowest BCUT2D eigenvalue weighted by atomic mass is 10.1. The molecular weight excluding hydrogens is 216 g/mol. The second kappa shape index (κ2) is 5.43. The van der Waals surface area contributed by atoms with Crippen LogP contribution in [0.1, 0.15) is 29.1 Å². The van der Waals surface area contributed by atoms with E-state index in [1.54, 1.807) is 6.92 Å². The van der Waals surface area contributed by atoms with E-state index >= 15 is 0 Å². The van der Waals surface area contributed by atoms with Crippen molar-refractivity contribution in [1.82, 2.24) is 0 Å². The number of aldehydes is 1. The van der Waals surface area contributed by atoms with Gasteiger partial charge in [0.1, 0.15) is 6.10 Å². The quantitative estimate of drug-likeness (QED) is 0.546. The van der Waals surface area contributed by atoms with Crippen LogP contribution in [0.5, 0.6) is 0 Å². The molecule has 0 spiro atoms. The zero-order valence-corrected chi connectivity index (χ0v) is 8.62. The molecule has 0 saturated heterocycles. The topological polar surface area (TPSA) is 97.0 Å². The van der Waals surface area contributed by atoms with Gasteiger partial charge in [-0.05, 0) is 13.0 Å². The molecule has 0 fully saturated rings. The third-order valence-corrected chi connectivity index (χ3v) is 1.98. The second-order valence-corrected chi connectivity index (χ2v) is 3.00. The third-order valence-electron chi connectivity index (χ3n) is 1.98. The first-order chi connectivity index (χ1) is 7.61. The van der Waals surface area contributed by atoms with Crippen molar-refractivity contribution in [2.24, 2.45) is 0 Å². The van der Waals surface area contributed by atoms with Crippen LogP contribution in [0.25, 0.3) is 0 Å². The number of aliphatic hydroxyl groups excluding tert-OH is 2. The van der Waals surface area contributed by atoms with Gasteiger partial charge in [0.25, 0.3) is 0 Å². The van der Waals surface area contributed by atoms with Crippen LogP contribution in [0.2, 0.25) is 0 Å². The number of carbonyl (C=O) groups excluding carboxylic acids is 2. The number of aliphatic hydroxyl groups is 2. The van der Waals surface area contributed by atoms with Crippen molar-refractivity contribution in [1.29, 1.82) is 0 Å². The van der Waals surface area contributed by atoms with Gasteiger partial charge in [-0.15, -0.1) is 0 Å². The van der Waals surface area contributed by atoms with Crippen LogP contribution < -0.4 is 0 Å². The number of hydrogen-bond donors (Lipinski definition) is 2. The highest BCUT2D eigenvalue weighted by atomic mass is 16.5. The van der Waals surface area contributed by atoms with Gasteiger partial charge in [-0.1, -0.05) is 0 Å². The predicted octanol–water partition coefficient (Wildman–Crippen LogP) is 0.0495. The highest BCUT2D eigenvalue weighted by molar-refractivity contribution is 5.77. The van der Waals surface area contributed by atoms with E-state index < -0.39 is 18.2 Å². The zero-order chi connectivity index (χ0) is 12.1. The van der Waals surface area contributed by atoms with Crippen LogP contribution in [0.15, 0.2) is 16.7 Å². The van der Waals surface area contributed by atoms with E-state index in [-0.39, 0.29) is 17.9 Å². The van der Waals surface area contributed by atoms with E-state index in [9.17, 15) is 19.8 Å². The smallest absolute Gasteiger partial charge is 0.338 e. The number of carbonyl (C=O) groups is 2. The fraction of sp³-hybridized carbons (Fsp3) is 0.400. The standard InChI is InChI=1S/C10H12O6/c1-2-15-10(14)9(13)8(12)6-3-4-16-7(6)5-11/h3-5,8-9,12-13H,2H2,1H3. The Kier molecular flexibility index (Phi) is 4.21. The summed E-state index contributed by atoms with van der Waals surface area (Å²) in [5.41, 5.74) is 0.0514. The Hall–Kier alpha value is -1.66. The third kappa shape index (κ3) is 2.47. The summed E-state index contributed by atoms with van der Waals surface area (Å²) >= 11 is 0. The first kappa shape index (κ1) is 12.4. The number of rotatable bonds is 5. The van der Waals surface area contributed by atoms with Gasteiger partial charge in [-0.25, -0.2) is 4.79 Å². The lowest BCUT2D eigenvalue weighted by Gasteiger charge is -2.15. The zero-order valence-electron chi connectivity index (χ0n) is 8.62. The molecule has 0 aliphatic carbocycles. The monoisotopic (exact) mass is 228 g/mol. The highest BCUT2D eigenvalue weighted by Crippen LogP contribution is 2.21. The summed E-state index contributed by atoms with van der Waals surface area (Å²) in [6.07, 6.45) is -1.72. The van der Waals surface area contributed by atoms with Crippen LogP contribution in [-0.2, 0) is 9.53 Å². The van der Waals surface area contributed by atoms with Crippen LogP contribution in [0.3, 0.4) is 0 Å². The average Bonchev–Trinajstić information content (AvgIpc) is 2.75. The lowest BCUT2D eigenvalue weighted by Crippen LogP contribution is -2.30. The van der Waals surface area contributed by atoms with Crippen molar-refractivity contribution in [2.45, 2.75) is 19.1 Å². The summed E-state index contributed by atoms with van der Waals surface area (Å²) in [5, 5.41) is 19.0. The SMILES string of the molecule is CCOC(=O)C(O)C(O)c1ccoc1C=O. The summed E-state index contributed by atoms with van der Waals surface area (Å²) in [4.78, 5) is 21.6. The molecule has 0 amide bonds. The van der Waals surface area contributed by atoms with E-state index in [0.29, 0.717) is 6.29 Å². The minimum atomic E-state index is -1.74. The molecule has 6 heteroatoms. The van der Waals surface area contributed by atoms with Crippen molar-refractivity contribution < 1.29 is 29.0 Å². The first-order valence-corrected chi connectivity index (χ1v) is 4.67. The maximum Gasteiger partial charge on any atom is 0.338 e. The van der Waals surface area contributed by atoms with E-state index in [0.717, 1.165) is 0 Å². The first-order valence-electron chi connectivity index (χ1n) is 4.67. The number of esters is 1. The van der Waals surface area contributed by atoms with Crippen molar-refractivity contribution >= 4 is 12.3 Å². The number of hydrogen-bond acceptors (Lipinski definition) is 6. The molecule has 0 bridgehead atoms. The molecule has 1 aromatic heterocycles. The molecule has 2 unspecified atom stereocenters. The Bertz CT molecular complexity index is 369. The molecule has 0 aliphatic heterocycles. The van der Waals surface area contributed by atoms with Gasteiger partial charge in [-0.2, -0.15) is 0 Å². The Labute approximate surface area is 91.4 Å². The summed E-state index contributed by atoms with van der Waals surface area (Å²) in [6, 6.07) is 1.30. The molecule has 6 nitrogen and oxygen atoms in total. The van der Waals surface area contributed by atoms with Crippen LogP contribution in [-0.4, -0.2) is 35.2 Å². The molecule has 1 aromatic rings. The van der Waals surface area contributed by atoms with Gasteiger partial charge >= 0.3 is 5.97 Å². The average molecular weight is 228 g/mol. The van der Waals surface area contributed by atoms with Gasteiger partial charge in [0.2, 0.25) is 0 Å². The van der Waals surface area contributed by atoms with Crippen molar-refractivity contribution in [3.05, 3.63) is 23.7 Å². The van der Waals surface area contributed by atoms with E-state index in [1.165, 1.54) is 12.3 Å². The van der Waals surface area contributed by atoms with Crippen LogP contribution in [0, 0.1) is 0 Å². The molecule has 0 aromatic carbocycles. The molecule has 88 valence electrons. The van der Waals surface area contributed by atoms with Gasteiger partial charge in [0.15, 0.2) is 18.2 Å². The van der Waals surface area contributed by atoms with Crippen molar-refractivity contribution in [3.63, 3.8) is 0 Å². The summed E-state index contributed by atoms with van der Waals surface area (Å²) in [5.74, 6) is -1.08. The summed E-state index contributed by atoms with van der Waals surface area (Å²) in [7, 11) is 0. The van der Waals surface area contributed by atoms with E-state index in [4.69, 9.17) is 4.42 Å². The van der Waals surface area contributed by atoms with Gasteiger partial charge < -0.3 is 19.4 Å². The minimum Gasteiger partial charge on any atom is -0.464 e. The maximum absolute atomic E-state index is 11.1. The Morgan fingerprint density at radius 3 is 2.88 bits per heavy atom. The van der Waals surface area contributed by atoms with Gasteiger partial charge in [0.05, 0.1) is 12.9 Å². The van der Waals surface area contributed by atoms with Crippen molar-refractivity contribution in [2.75, 3.05) is 6.61 Å². The molecule has 2 N–H and O–H groups in total. The summed E-state index contributed by atoms with van der Waals surface area (Å²) < 4.78 is 9.26. The van der Waals surface area contributed by atoms with Crippen molar-refractivity contribution in [3.8, 4) is 0 Å². The second-order valence-electron chi connectivity index (χ2n) is 3.00. The van der Waals surface area contributed by atoms with E-state index in [2.05, 4.69) is 4.74 Å². The number of ether oxygens (including phenoxy) is 1. The normalized spacial score (nSPS) is 14.2. The Morgan fingerprint density at radius 1 is 1.62 bits per heavy atom. The molecule has 0 saturated carbocycles. The van der Waals surface area contributed by atoms with Crippen LogP contribution in [0.4, 0.5) is 0 Å². The molecule has 16 heavy (non-hydrogen) atoms. The maximum atomic E-state index is 11.1. The fourth-order valence-electron chi connectivity index (χ4n) is 1.20. The highest BCUT2D eigenvalue weighted by Gasteiger charge is 2.29. The molecule has 2 atom stereocenters. The molecule has 0 aliphatic rings. The minimum absolute atomic E-state index is 0.0514. The van der Waals surface area contributed by atoms with E-state index in [1.807, 2.05) is 0 Å². The summed E-state index contributed by atoms with van der Waals surface area (Å²) in [6.45, 7) is 1.67. The lowest BCUT2D eigenvalue weighted by molar-refractivity contribution is -0.159. The largest absolute Gasteiger partial charge is 0.464 e. The Morgan fingerprint density at radius 2 is 2.31 bits per heavy atom. The van der Waals surface area contributed by atoms with Crippen LogP contribution >= 0.6 is 0 Å². The fourth-order valence-corrected chi connectivity index (χ4v) is 1.20. The van der Waals surface area contributed by atoms with Gasteiger partial charge in [-0.3, -0.25) is 4.79 Å².